The van der Waals surface area contributed by atoms with Gasteiger partial charge in [0.2, 0.25) is 0 Å². The Morgan fingerprint density at radius 3 is 2.58 bits per heavy atom. The van der Waals surface area contributed by atoms with Gasteiger partial charge in [0.25, 0.3) is 0 Å². The maximum absolute atomic E-state index is 11.8. The highest BCUT2D eigenvalue weighted by molar-refractivity contribution is 5.53. The Balaban J connectivity index is 2.49. The first-order valence-corrected chi connectivity index (χ1v) is 5.88. The van der Waals surface area contributed by atoms with Gasteiger partial charge in [-0.2, -0.15) is 0 Å². The van der Waals surface area contributed by atoms with Crippen LogP contribution in [0.25, 0.3) is 0 Å². The summed E-state index contributed by atoms with van der Waals surface area (Å²) in [5.74, 6) is 0. The van der Waals surface area contributed by atoms with Crippen LogP contribution >= 0.6 is 0 Å². The second kappa shape index (κ2) is 4.72. The summed E-state index contributed by atoms with van der Waals surface area (Å²) in [6.45, 7) is 3.98. The molecule has 2 N–H and O–H groups in total. The lowest BCUT2D eigenvalue weighted by Crippen LogP contribution is -2.39. The molecule has 19 heavy (non-hydrogen) atoms. The van der Waals surface area contributed by atoms with Gasteiger partial charge in [-0.05, 0) is 25.0 Å². The van der Waals surface area contributed by atoms with E-state index >= 15 is 0 Å². The second-order valence-electron chi connectivity index (χ2n) is 4.57. The van der Waals surface area contributed by atoms with Crippen LogP contribution in [0.5, 0.6) is 0 Å². The molecule has 0 aliphatic heterocycles. The van der Waals surface area contributed by atoms with Crippen LogP contribution in [0, 0.1) is 13.8 Å². The number of nitrogens with zero attached hydrogens (tertiary/aromatic N) is 3. The molecule has 0 atom stereocenters. The van der Waals surface area contributed by atoms with Crippen LogP contribution in [-0.4, -0.2) is 14.1 Å². The van der Waals surface area contributed by atoms with Gasteiger partial charge in [-0.3, -0.25) is 14.6 Å². The molecule has 0 aromatic carbocycles. The average Bonchev–Trinajstić information content (AvgIpc) is 2.39. The second-order valence-corrected chi connectivity index (χ2v) is 4.57. The van der Waals surface area contributed by atoms with E-state index in [0.717, 1.165) is 11.1 Å². The number of aromatic nitrogens is 3. The summed E-state index contributed by atoms with van der Waals surface area (Å²) in [6, 6.07) is 0. The molecule has 0 aliphatic carbocycles. The Kier molecular flexibility index (Phi) is 3.25. The first-order valence-electron chi connectivity index (χ1n) is 5.88. The quantitative estimate of drug-likeness (QED) is 0.781. The standard InChI is InChI=1S/C13H16N4O2/c1-8-6-15-10(9(2)11(8)14)7-17-5-4-16(3)12(18)13(17)19/h4-6H,7H2,1-3H3,(H2,14,15). The molecule has 6 heteroatoms. The number of nitrogen functional groups attached to an aromatic ring is 1. The number of anilines is 1. The fourth-order valence-corrected chi connectivity index (χ4v) is 1.83. The minimum absolute atomic E-state index is 0.241. The zero-order chi connectivity index (χ0) is 14.2. The van der Waals surface area contributed by atoms with Crippen LogP contribution in [0.3, 0.4) is 0 Å². The molecule has 0 bridgehead atoms. The number of aryl methyl sites for hydroxylation is 2. The third kappa shape index (κ3) is 2.29. The maximum atomic E-state index is 11.8. The molecule has 0 spiro atoms. The molecule has 0 aliphatic rings. The minimum atomic E-state index is -0.564. The highest BCUT2D eigenvalue weighted by Crippen LogP contribution is 2.18. The number of hydrogen-bond acceptors (Lipinski definition) is 4. The van der Waals surface area contributed by atoms with Crippen molar-refractivity contribution in [3.05, 3.63) is 56.1 Å². The minimum Gasteiger partial charge on any atom is -0.398 e. The van der Waals surface area contributed by atoms with Crippen molar-refractivity contribution < 1.29 is 0 Å². The lowest BCUT2D eigenvalue weighted by Gasteiger charge is -2.11. The van der Waals surface area contributed by atoms with Gasteiger partial charge in [0.15, 0.2) is 0 Å². The summed E-state index contributed by atoms with van der Waals surface area (Å²) in [7, 11) is 1.54. The Labute approximate surface area is 110 Å². The van der Waals surface area contributed by atoms with E-state index in [0.29, 0.717) is 11.4 Å². The molecule has 6 nitrogen and oxygen atoms in total. The fraction of sp³-hybridized carbons (Fsp3) is 0.308. The molecule has 2 heterocycles. The molecule has 0 saturated carbocycles. The van der Waals surface area contributed by atoms with E-state index in [4.69, 9.17) is 5.73 Å². The van der Waals surface area contributed by atoms with Gasteiger partial charge in [0.05, 0.1) is 12.2 Å². The van der Waals surface area contributed by atoms with E-state index < -0.39 is 11.1 Å². The average molecular weight is 260 g/mol. The first kappa shape index (κ1) is 13.1. The van der Waals surface area contributed by atoms with Gasteiger partial charge in [-0.1, -0.05) is 0 Å². The molecule has 0 radical (unpaired) electrons. The van der Waals surface area contributed by atoms with Gasteiger partial charge in [-0.15, -0.1) is 0 Å². The molecule has 0 amide bonds. The lowest BCUT2D eigenvalue weighted by atomic mass is 10.1. The van der Waals surface area contributed by atoms with Gasteiger partial charge in [0.1, 0.15) is 0 Å². The van der Waals surface area contributed by atoms with Gasteiger partial charge in [0, 0.05) is 31.3 Å². The fourth-order valence-electron chi connectivity index (χ4n) is 1.83. The number of pyridine rings is 1. The van der Waals surface area contributed by atoms with E-state index in [1.807, 2.05) is 13.8 Å². The van der Waals surface area contributed by atoms with Crippen LogP contribution in [0.2, 0.25) is 0 Å². The highest BCUT2D eigenvalue weighted by Gasteiger charge is 2.09. The van der Waals surface area contributed by atoms with Crippen molar-refractivity contribution in [2.24, 2.45) is 7.05 Å². The summed E-state index contributed by atoms with van der Waals surface area (Å²) in [5, 5.41) is 0. The van der Waals surface area contributed by atoms with E-state index in [1.165, 1.54) is 9.13 Å². The molecule has 2 aromatic heterocycles. The predicted molar refractivity (Wildman–Crippen MR) is 73.2 cm³/mol. The third-order valence-electron chi connectivity index (χ3n) is 3.23. The molecule has 0 fully saturated rings. The van der Waals surface area contributed by atoms with Crippen molar-refractivity contribution in [1.29, 1.82) is 0 Å². The highest BCUT2D eigenvalue weighted by atomic mass is 16.2. The SMILES string of the molecule is Cc1cnc(Cn2ccn(C)c(=O)c2=O)c(C)c1N. The predicted octanol–water partition coefficient (Wildman–Crippen LogP) is 0.189. The Hall–Kier alpha value is -2.37. The Bertz CT molecular complexity index is 743. The molecule has 2 aromatic rings. The van der Waals surface area contributed by atoms with Crippen LogP contribution in [-0.2, 0) is 13.6 Å². The van der Waals surface area contributed by atoms with Crippen molar-refractivity contribution in [3.8, 4) is 0 Å². The van der Waals surface area contributed by atoms with Crippen molar-refractivity contribution in [1.82, 2.24) is 14.1 Å². The van der Waals surface area contributed by atoms with E-state index in [9.17, 15) is 9.59 Å². The Morgan fingerprint density at radius 2 is 1.89 bits per heavy atom. The largest absolute Gasteiger partial charge is 0.398 e. The van der Waals surface area contributed by atoms with Crippen LogP contribution < -0.4 is 16.9 Å². The summed E-state index contributed by atoms with van der Waals surface area (Å²) >= 11 is 0. The van der Waals surface area contributed by atoms with Crippen molar-refractivity contribution >= 4 is 5.69 Å². The van der Waals surface area contributed by atoms with E-state index in [1.54, 1.807) is 25.6 Å². The molecule has 2 rings (SSSR count). The molecular formula is C13H16N4O2. The summed E-state index contributed by atoms with van der Waals surface area (Å²) in [6.07, 6.45) is 4.79. The number of hydrogen-bond donors (Lipinski definition) is 1. The number of nitrogens with two attached hydrogens (primary N) is 1. The van der Waals surface area contributed by atoms with Crippen molar-refractivity contribution in [3.63, 3.8) is 0 Å². The number of rotatable bonds is 2. The topological polar surface area (TPSA) is 82.9 Å². The molecule has 0 unspecified atom stereocenters. The van der Waals surface area contributed by atoms with Crippen molar-refractivity contribution in [2.75, 3.05) is 5.73 Å². The molecular weight excluding hydrogens is 244 g/mol. The van der Waals surface area contributed by atoms with Crippen LogP contribution in [0.15, 0.2) is 28.2 Å². The smallest absolute Gasteiger partial charge is 0.316 e. The van der Waals surface area contributed by atoms with Gasteiger partial charge in [-0.25, -0.2) is 0 Å². The summed E-state index contributed by atoms with van der Waals surface area (Å²) in [5.41, 5.74) is 7.92. The summed E-state index contributed by atoms with van der Waals surface area (Å²) < 4.78 is 2.59. The Morgan fingerprint density at radius 1 is 1.21 bits per heavy atom. The monoisotopic (exact) mass is 260 g/mol. The van der Waals surface area contributed by atoms with Gasteiger partial charge < -0.3 is 14.9 Å². The zero-order valence-electron chi connectivity index (χ0n) is 11.2. The zero-order valence-corrected chi connectivity index (χ0v) is 11.2. The maximum Gasteiger partial charge on any atom is 0.316 e. The van der Waals surface area contributed by atoms with Crippen molar-refractivity contribution in [2.45, 2.75) is 20.4 Å². The molecule has 0 saturated heterocycles. The first-order chi connectivity index (χ1) is 8.91. The van der Waals surface area contributed by atoms with Crippen LogP contribution in [0.4, 0.5) is 5.69 Å². The van der Waals surface area contributed by atoms with E-state index in [-0.39, 0.29) is 6.54 Å². The third-order valence-corrected chi connectivity index (χ3v) is 3.23. The molecule has 100 valence electrons. The lowest BCUT2D eigenvalue weighted by molar-refractivity contribution is 0.681. The van der Waals surface area contributed by atoms with Gasteiger partial charge >= 0.3 is 11.1 Å². The summed E-state index contributed by atoms with van der Waals surface area (Å²) in [4.78, 5) is 27.7. The normalized spacial score (nSPS) is 10.7. The van der Waals surface area contributed by atoms with E-state index in [2.05, 4.69) is 4.98 Å². The van der Waals surface area contributed by atoms with Crippen LogP contribution in [0.1, 0.15) is 16.8 Å².